The van der Waals surface area contributed by atoms with E-state index in [1.807, 2.05) is 20.8 Å². The molecular weight excluding hydrogens is 286 g/mol. The number of nitrogens with one attached hydrogen (secondary N) is 1. The number of thiophene rings is 1. The minimum absolute atomic E-state index is 0.0251. The maximum atomic E-state index is 11.5. The number of hydrogen-bond acceptors (Lipinski definition) is 5. The highest BCUT2D eigenvalue weighted by Crippen LogP contribution is 2.30. The zero-order valence-corrected chi connectivity index (χ0v) is 13.6. The number of aryl methyl sites for hydroxylation is 2. The summed E-state index contributed by atoms with van der Waals surface area (Å²) in [6.45, 7) is 7.84. The number of nitrogens with zero attached hydrogens (tertiary/aromatic N) is 2. The third kappa shape index (κ3) is 3.32. The Morgan fingerprint density at radius 1 is 1.43 bits per heavy atom. The molecule has 0 saturated heterocycles. The molecule has 114 valence electrons. The summed E-state index contributed by atoms with van der Waals surface area (Å²) >= 11 is 1.64. The summed E-state index contributed by atoms with van der Waals surface area (Å²) in [5.41, 5.74) is 0. The highest BCUT2D eigenvalue weighted by Gasteiger charge is 2.25. The number of anilines is 1. The molecule has 2 aromatic heterocycles. The van der Waals surface area contributed by atoms with Gasteiger partial charge in [0.25, 0.3) is 0 Å². The molecule has 0 aliphatic carbocycles. The molecule has 5 nitrogen and oxygen atoms in total. The molecule has 0 fully saturated rings. The first kappa shape index (κ1) is 15.7. The number of rotatable bonds is 6. The van der Waals surface area contributed by atoms with Gasteiger partial charge >= 0.3 is 5.97 Å². The molecule has 2 atom stereocenters. The van der Waals surface area contributed by atoms with Crippen LogP contribution in [0.1, 0.15) is 37.9 Å². The molecule has 2 aromatic rings. The first-order valence-electron chi connectivity index (χ1n) is 7.22. The van der Waals surface area contributed by atoms with Gasteiger partial charge in [-0.3, -0.25) is 0 Å². The standard InChI is InChI=1S/C15H21N3O2S/c1-5-8(3)12(15(19)20)18-13-11-7-10(6-2)21-14(11)17-9(4)16-13/h7-8,12H,5-6H2,1-4H3,(H,19,20)(H,16,17,18)/t8-,12-/m0/s1. The summed E-state index contributed by atoms with van der Waals surface area (Å²) in [6, 6.07) is 1.41. The second kappa shape index (κ2) is 6.39. The number of aromatic nitrogens is 2. The molecule has 6 heteroatoms. The van der Waals surface area contributed by atoms with Crippen molar-refractivity contribution in [1.82, 2.24) is 9.97 Å². The third-order valence-corrected chi connectivity index (χ3v) is 4.85. The first-order valence-corrected chi connectivity index (χ1v) is 8.04. The summed E-state index contributed by atoms with van der Waals surface area (Å²) in [6.07, 6.45) is 1.73. The SMILES string of the molecule is CCc1cc2c(N[C@H](C(=O)O)[C@@H](C)CC)nc(C)nc2s1. The van der Waals surface area contributed by atoms with Crippen LogP contribution in [-0.2, 0) is 11.2 Å². The average molecular weight is 307 g/mol. The molecule has 0 saturated carbocycles. The molecule has 2 heterocycles. The Hall–Kier alpha value is -1.69. The topological polar surface area (TPSA) is 75.1 Å². The van der Waals surface area contributed by atoms with Gasteiger partial charge in [0.15, 0.2) is 0 Å². The fraction of sp³-hybridized carbons (Fsp3) is 0.533. The zero-order valence-electron chi connectivity index (χ0n) is 12.8. The molecule has 0 spiro atoms. The van der Waals surface area contributed by atoms with Crippen LogP contribution in [0.15, 0.2) is 6.07 Å². The fourth-order valence-corrected chi connectivity index (χ4v) is 3.21. The predicted octanol–water partition coefficient (Wildman–Crippen LogP) is 3.47. The lowest BCUT2D eigenvalue weighted by molar-refractivity contribution is -0.139. The van der Waals surface area contributed by atoms with E-state index in [0.29, 0.717) is 11.6 Å². The smallest absolute Gasteiger partial charge is 0.326 e. The molecule has 0 aromatic carbocycles. The van der Waals surface area contributed by atoms with Gasteiger partial charge in [0.1, 0.15) is 22.5 Å². The molecule has 0 aliphatic rings. The molecule has 0 bridgehead atoms. The Morgan fingerprint density at radius 2 is 2.14 bits per heavy atom. The third-order valence-electron chi connectivity index (χ3n) is 3.68. The van der Waals surface area contributed by atoms with Gasteiger partial charge < -0.3 is 10.4 Å². The maximum absolute atomic E-state index is 11.5. The normalized spacial score (nSPS) is 14.1. The van der Waals surface area contributed by atoms with Crippen molar-refractivity contribution < 1.29 is 9.90 Å². The van der Waals surface area contributed by atoms with Gasteiger partial charge in [0, 0.05) is 4.88 Å². The van der Waals surface area contributed by atoms with Crippen LogP contribution in [0.3, 0.4) is 0 Å². The van der Waals surface area contributed by atoms with E-state index in [1.54, 1.807) is 11.3 Å². The van der Waals surface area contributed by atoms with Crippen LogP contribution >= 0.6 is 11.3 Å². The number of carboxylic acid groups (broad SMARTS) is 1. The van der Waals surface area contributed by atoms with Gasteiger partial charge in [-0.25, -0.2) is 14.8 Å². The number of carboxylic acids is 1. The lowest BCUT2D eigenvalue weighted by Gasteiger charge is -2.21. The second-order valence-electron chi connectivity index (χ2n) is 5.25. The van der Waals surface area contributed by atoms with Crippen LogP contribution in [0.5, 0.6) is 0 Å². The maximum Gasteiger partial charge on any atom is 0.326 e. The van der Waals surface area contributed by atoms with Gasteiger partial charge in [0.2, 0.25) is 0 Å². The van der Waals surface area contributed by atoms with Crippen molar-refractivity contribution in [2.45, 2.75) is 46.6 Å². The molecular formula is C15H21N3O2S. The molecule has 21 heavy (non-hydrogen) atoms. The minimum Gasteiger partial charge on any atom is -0.480 e. The summed E-state index contributed by atoms with van der Waals surface area (Å²) in [5, 5.41) is 13.4. The Kier molecular flexibility index (Phi) is 4.77. The van der Waals surface area contributed by atoms with Crippen molar-refractivity contribution in [3.63, 3.8) is 0 Å². The second-order valence-corrected chi connectivity index (χ2v) is 6.37. The van der Waals surface area contributed by atoms with E-state index in [4.69, 9.17) is 0 Å². The quantitative estimate of drug-likeness (QED) is 0.854. The van der Waals surface area contributed by atoms with Crippen molar-refractivity contribution in [3.05, 3.63) is 16.8 Å². The van der Waals surface area contributed by atoms with E-state index in [2.05, 4.69) is 28.3 Å². The molecule has 2 N–H and O–H groups in total. The fourth-order valence-electron chi connectivity index (χ4n) is 2.19. The number of hydrogen-bond donors (Lipinski definition) is 2. The predicted molar refractivity (Wildman–Crippen MR) is 86.0 cm³/mol. The first-order chi connectivity index (χ1) is 9.96. The lowest BCUT2D eigenvalue weighted by atomic mass is 9.99. The summed E-state index contributed by atoms with van der Waals surface area (Å²) in [5.74, 6) is 0.459. The molecule has 0 amide bonds. The molecule has 0 aliphatic heterocycles. The summed E-state index contributed by atoms with van der Waals surface area (Å²) in [7, 11) is 0. The summed E-state index contributed by atoms with van der Waals surface area (Å²) in [4.78, 5) is 22.5. The van der Waals surface area contributed by atoms with Gasteiger partial charge in [-0.05, 0) is 25.3 Å². The number of carbonyl (C=O) groups is 1. The number of aliphatic carboxylic acids is 1. The van der Waals surface area contributed by atoms with E-state index >= 15 is 0 Å². The summed E-state index contributed by atoms with van der Waals surface area (Å²) < 4.78 is 0. The highest BCUT2D eigenvalue weighted by molar-refractivity contribution is 7.18. The Morgan fingerprint density at radius 3 is 2.71 bits per heavy atom. The van der Waals surface area contributed by atoms with Crippen LogP contribution in [0.25, 0.3) is 10.2 Å². The van der Waals surface area contributed by atoms with E-state index < -0.39 is 12.0 Å². The van der Waals surface area contributed by atoms with Crippen molar-refractivity contribution in [1.29, 1.82) is 0 Å². The van der Waals surface area contributed by atoms with Crippen molar-refractivity contribution in [2.75, 3.05) is 5.32 Å². The molecule has 2 rings (SSSR count). The van der Waals surface area contributed by atoms with Crippen LogP contribution in [0, 0.1) is 12.8 Å². The van der Waals surface area contributed by atoms with Crippen molar-refractivity contribution in [2.24, 2.45) is 5.92 Å². The van der Waals surface area contributed by atoms with Gasteiger partial charge in [-0.1, -0.05) is 27.2 Å². The van der Waals surface area contributed by atoms with Crippen LogP contribution in [-0.4, -0.2) is 27.1 Å². The van der Waals surface area contributed by atoms with Crippen molar-refractivity contribution in [3.8, 4) is 0 Å². The van der Waals surface area contributed by atoms with E-state index in [1.165, 1.54) is 4.88 Å². The highest BCUT2D eigenvalue weighted by atomic mass is 32.1. The molecule has 0 radical (unpaired) electrons. The van der Waals surface area contributed by atoms with Gasteiger partial charge in [-0.15, -0.1) is 11.3 Å². The Bertz CT molecular complexity index is 654. The van der Waals surface area contributed by atoms with Crippen LogP contribution < -0.4 is 5.32 Å². The average Bonchev–Trinajstić information content (AvgIpc) is 2.86. The minimum atomic E-state index is -0.847. The van der Waals surface area contributed by atoms with Gasteiger partial charge in [-0.2, -0.15) is 0 Å². The zero-order chi connectivity index (χ0) is 15.6. The van der Waals surface area contributed by atoms with Crippen LogP contribution in [0.4, 0.5) is 5.82 Å². The van der Waals surface area contributed by atoms with Crippen molar-refractivity contribution >= 4 is 33.3 Å². The van der Waals surface area contributed by atoms with E-state index in [-0.39, 0.29) is 5.92 Å². The monoisotopic (exact) mass is 307 g/mol. The Labute approximate surface area is 128 Å². The molecule has 0 unspecified atom stereocenters. The van der Waals surface area contributed by atoms with E-state index in [0.717, 1.165) is 23.1 Å². The largest absolute Gasteiger partial charge is 0.480 e. The van der Waals surface area contributed by atoms with Gasteiger partial charge in [0.05, 0.1) is 5.39 Å². The van der Waals surface area contributed by atoms with E-state index in [9.17, 15) is 9.90 Å². The van der Waals surface area contributed by atoms with Crippen LogP contribution in [0.2, 0.25) is 0 Å². The number of fused-ring (bicyclic) bond motifs is 1. The Balaban J connectivity index is 2.44. The lowest BCUT2D eigenvalue weighted by Crippen LogP contribution is -2.35.